The van der Waals surface area contributed by atoms with Crippen molar-refractivity contribution in [1.82, 2.24) is 0 Å². The topological polar surface area (TPSA) is 84.2 Å². The largest absolute Gasteiger partial charge is 1.00 e. The monoisotopic (exact) mass is 686 g/mol. The molecule has 0 atom stereocenters. The Hall–Kier alpha value is -5.08. The van der Waals surface area contributed by atoms with Gasteiger partial charge in [0.2, 0.25) is 0 Å². The van der Waals surface area contributed by atoms with Crippen LogP contribution in [0, 0.1) is 41.5 Å². The van der Waals surface area contributed by atoms with E-state index in [9.17, 15) is 0 Å². The van der Waals surface area contributed by atoms with Crippen LogP contribution < -0.4 is 52.7 Å². The quantitative estimate of drug-likeness (QED) is 0.119. The van der Waals surface area contributed by atoms with Gasteiger partial charge < -0.3 is 15.0 Å². The third-order valence-electron chi connectivity index (χ3n) is 7.59. The van der Waals surface area contributed by atoms with Crippen molar-refractivity contribution in [2.75, 3.05) is 0 Å². The average molecular weight is 687 g/mol. The van der Waals surface area contributed by atoms with Crippen LogP contribution in [0.25, 0.3) is 16.0 Å². The molecule has 0 radical (unpaired) electrons. The van der Waals surface area contributed by atoms with Crippen LogP contribution in [-0.2, 0) is 0 Å². The molecule has 0 heterocycles. The normalized spacial score (nSPS) is 10.3. The summed E-state index contributed by atoms with van der Waals surface area (Å²) in [5.74, 6) is 0. The molecule has 3 N–H and O–H groups in total. The Bertz CT molecular complexity index is 1730. The van der Waals surface area contributed by atoms with Crippen LogP contribution in [0.5, 0.6) is 0 Å². The van der Waals surface area contributed by atoms with Gasteiger partial charge in [0.1, 0.15) is 0 Å². The summed E-state index contributed by atoms with van der Waals surface area (Å²) in [7, 11) is 0. The van der Waals surface area contributed by atoms with Gasteiger partial charge in [0, 0.05) is 17.1 Å². The second-order valence-corrected chi connectivity index (χ2v) is 12.3. The molecule has 6 aromatic rings. The maximum Gasteiger partial charge on any atom is 1.00 e. The SMILES string of the molecule is Cc1ccc([N-]C=[NH+]c2ccc(C)cc2)cc1.Cc1ccc([N-]C=[NH+]c2ccc(C)cc2)cc1.Cc1ccc([N-]C=[NH+]c2ccc(C)cc2)cc1.[Li+].[Li+]. The summed E-state index contributed by atoms with van der Waals surface area (Å²) in [6.45, 7) is 12.4. The Balaban J connectivity index is 0.000000270. The van der Waals surface area contributed by atoms with Gasteiger partial charge in [-0.1, -0.05) is 106 Å². The molecular formula is C45H48Li2N6+2. The van der Waals surface area contributed by atoms with Crippen LogP contribution >= 0.6 is 0 Å². The molecule has 0 aromatic heterocycles. The molecule has 6 rings (SSSR count). The molecule has 8 heteroatoms. The maximum absolute atomic E-state index is 4.33. The third-order valence-corrected chi connectivity index (χ3v) is 7.59. The maximum atomic E-state index is 4.33. The third kappa shape index (κ3) is 17.8. The minimum Gasteiger partial charge on any atom is -0.346 e. The summed E-state index contributed by atoms with van der Waals surface area (Å²) < 4.78 is 0. The second-order valence-electron chi connectivity index (χ2n) is 12.3. The number of nitrogens with one attached hydrogen (secondary N) is 3. The van der Waals surface area contributed by atoms with Crippen LogP contribution in [-0.4, -0.2) is 19.0 Å². The Morgan fingerprint density at radius 1 is 0.283 bits per heavy atom. The van der Waals surface area contributed by atoms with Gasteiger partial charge in [-0.15, -0.1) is 0 Å². The van der Waals surface area contributed by atoms with E-state index in [4.69, 9.17) is 0 Å². The van der Waals surface area contributed by atoms with E-state index >= 15 is 0 Å². The summed E-state index contributed by atoms with van der Waals surface area (Å²) in [6.07, 6.45) is 5.15. The van der Waals surface area contributed by atoms with Crippen LogP contribution in [0.3, 0.4) is 0 Å². The molecule has 0 unspecified atom stereocenters. The Kier molecular flexibility index (Phi) is 20.1. The summed E-state index contributed by atoms with van der Waals surface area (Å²) >= 11 is 0. The Labute approximate surface area is 340 Å². The van der Waals surface area contributed by atoms with Gasteiger partial charge in [-0.25, -0.2) is 16.0 Å². The second kappa shape index (κ2) is 24.2. The molecule has 0 fully saturated rings. The van der Waals surface area contributed by atoms with Crippen LogP contribution in [0.4, 0.5) is 34.1 Å². The zero-order valence-electron chi connectivity index (χ0n) is 32.4. The first kappa shape index (κ1) is 44.1. The van der Waals surface area contributed by atoms with E-state index in [1.807, 2.05) is 72.8 Å². The van der Waals surface area contributed by atoms with Crippen molar-refractivity contribution in [3.8, 4) is 0 Å². The fraction of sp³-hybridized carbons (Fsp3) is 0.133. The Morgan fingerprint density at radius 3 is 0.642 bits per heavy atom. The molecule has 0 bridgehead atoms. The summed E-state index contributed by atoms with van der Waals surface area (Å²) in [5, 5.41) is 13.0. The van der Waals surface area contributed by atoms with Gasteiger partial charge in [-0.3, -0.25) is 0 Å². The summed E-state index contributed by atoms with van der Waals surface area (Å²) in [6, 6.07) is 49.0. The molecule has 6 aromatic carbocycles. The van der Waals surface area contributed by atoms with Gasteiger partial charge >= 0.3 is 37.7 Å². The zero-order valence-corrected chi connectivity index (χ0v) is 32.4. The first-order chi connectivity index (χ1) is 24.7. The number of benzene rings is 6. The van der Waals surface area contributed by atoms with Crippen molar-refractivity contribution in [3.63, 3.8) is 0 Å². The van der Waals surface area contributed by atoms with E-state index in [-0.39, 0.29) is 37.7 Å². The summed E-state index contributed by atoms with van der Waals surface area (Å²) in [4.78, 5) is 9.43. The van der Waals surface area contributed by atoms with E-state index in [2.05, 4.69) is 145 Å². The van der Waals surface area contributed by atoms with Crippen molar-refractivity contribution in [3.05, 3.63) is 195 Å². The standard InChI is InChI=1S/3C15H15N2.2Li/c3*1-12-3-7-14(8-4-12)16-11-17-15-9-5-13(2)6-10-15;;/h3*3-11H,1-2H3;;/q3*-1;2*+1/p+3. The summed E-state index contributed by atoms with van der Waals surface area (Å²) in [5.41, 5.74) is 13.5. The first-order valence-electron chi connectivity index (χ1n) is 17.0. The number of rotatable bonds is 9. The predicted molar refractivity (Wildman–Crippen MR) is 216 cm³/mol. The molecule has 0 amide bonds. The molecule has 0 aliphatic carbocycles. The number of hydrogen-bond acceptors (Lipinski definition) is 0. The van der Waals surface area contributed by atoms with Crippen LogP contribution in [0.2, 0.25) is 0 Å². The van der Waals surface area contributed by atoms with Crippen molar-refractivity contribution in [1.29, 1.82) is 0 Å². The molecule has 258 valence electrons. The van der Waals surface area contributed by atoms with Crippen LogP contribution in [0.1, 0.15) is 33.4 Å². The molecule has 0 saturated heterocycles. The minimum atomic E-state index is 0. The minimum absolute atomic E-state index is 0. The molecule has 53 heavy (non-hydrogen) atoms. The van der Waals surface area contributed by atoms with Crippen molar-refractivity contribution >= 4 is 53.1 Å². The smallest absolute Gasteiger partial charge is 0.346 e. The number of hydrogen-bond donors (Lipinski definition) is 3. The number of nitrogens with zero attached hydrogens (tertiary/aromatic N) is 3. The average Bonchev–Trinajstić information content (AvgIpc) is 3.14. The molecule has 0 aliphatic heterocycles. The van der Waals surface area contributed by atoms with Gasteiger partial charge in [0.25, 0.3) is 0 Å². The fourth-order valence-corrected chi connectivity index (χ4v) is 4.39. The molecule has 0 aliphatic rings. The van der Waals surface area contributed by atoms with E-state index in [0.29, 0.717) is 0 Å². The van der Waals surface area contributed by atoms with E-state index in [1.54, 1.807) is 19.0 Å². The van der Waals surface area contributed by atoms with Crippen LogP contribution in [0.15, 0.2) is 146 Å². The molecule has 6 nitrogen and oxygen atoms in total. The van der Waals surface area contributed by atoms with Crippen molar-refractivity contribution < 1.29 is 52.7 Å². The molecule has 0 saturated carbocycles. The zero-order chi connectivity index (χ0) is 36.3. The first-order valence-corrected chi connectivity index (χ1v) is 17.0. The van der Waals surface area contributed by atoms with E-state index in [1.165, 1.54) is 33.4 Å². The van der Waals surface area contributed by atoms with E-state index < -0.39 is 0 Å². The van der Waals surface area contributed by atoms with Crippen molar-refractivity contribution in [2.24, 2.45) is 0 Å². The predicted octanol–water partition coefficient (Wildman–Crippen LogP) is 2.26. The number of aryl methyl sites for hydroxylation is 6. The molecular weight excluding hydrogens is 638 g/mol. The van der Waals surface area contributed by atoms with Gasteiger partial charge in [0.05, 0.1) is 36.1 Å². The van der Waals surface area contributed by atoms with E-state index in [0.717, 1.165) is 34.1 Å². The Morgan fingerprint density at radius 2 is 0.453 bits per heavy atom. The fourth-order valence-electron chi connectivity index (χ4n) is 4.39. The van der Waals surface area contributed by atoms with Crippen molar-refractivity contribution in [2.45, 2.75) is 41.5 Å². The van der Waals surface area contributed by atoms with Gasteiger partial charge in [0.15, 0.2) is 0 Å². The van der Waals surface area contributed by atoms with Gasteiger partial charge in [-0.2, -0.15) is 0 Å². The molecule has 0 spiro atoms. The van der Waals surface area contributed by atoms with Gasteiger partial charge in [-0.05, 0) is 114 Å².